The Balaban J connectivity index is 1.35. The Morgan fingerprint density at radius 3 is 2.73 bits per heavy atom. The van der Waals surface area contributed by atoms with Gasteiger partial charge in [0, 0.05) is 29.5 Å². The van der Waals surface area contributed by atoms with Crippen LogP contribution in [-0.2, 0) is 4.79 Å². The molecule has 2 fully saturated rings. The first-order chi connectivity index (χ1) is 14.6. The second-order valence-electron chi connectivity index (χ2n) is 7.98. The summed E-state index contributed by atoms with van der Waals surface area (Å²) in [6, 6.07) is 12.1. The minimum atomic E-state index is -0.477. The number of carbonyl (C=O) groups is 1. The maximum absolute atomic E-state index is 13.2. The summed E-state index contributed by atoms with van der Waals surface area (Å²) in [6.45, 7) is 1.94. The zero-order chi connectivity index (χ0) is 20.7. The Hall–Kier alpha value is -3.35. The summed E-state index contributed by atoms with van der Waals surface area (Å²) >= 11 is 0. The Kier molecular flexibility index (Phi) is 4.65. The molecule has 1 aromatic carbocycles. The largest absolute Gasteiger partial charge is 0.350 e. The van der Waals surface area contributed by atoms with Crippen LogP contribution < -0.4 is 10.2 Å². The number of rotatable bonds is 4. The number of anilines is 2. The molecule has 1 amide bonds. The first-order valence-corrected chi connectivity index (χ1v) is 10.2. The molecule has 0 spiro atoms. The van der Waals surface area contributed by atoms with Crippen LogP contribution in [-0.4, -0.2) is 32.9 Å². The van der Waals surface area contributed by atoms with E-state index in [1.165, 1.54) is 0 Å². The Morgan fingerprint density at radius 1 is 1.13 bits per heavy atom. The van der Waals surface area contributed by atoms with Crippen LogP contribution in [0.15, 0.2) is 55.0 Å². The molecule has 0 aliphatic carbocycles. The van der Waals surface area contributed by atoms with Crippen LogP contribution in [0.2, 0.25) is 0 Å². The molecule has 152 valence electrons. The molecule has 4 heterocycles. The van der Waals surface area contributed by atoms with Gasteiger partial charge in [0.1, 0.15) is 5.82 Å². The standard InChI is InChI=1S/C23H22FN5O/c1-14-5-6-16(10-18(14)22-26-12-15(24)13-27-22)28-23(30)19-11-17-7-8-20(19)29(17)21-4-2-3-9-25-21/h2-6,9-10,12-13,17,19-20H,7-8,11H2,1H3,(H,28,30)/t17?,19-,20?/m0/s1. The third kappa shape index (κ3) is 3.30. The molecule has 2 aliphatic heterocycles. The number of hydrogen-bond acceptors (Lipinski definition) is 5. The third-order valence-corrected chi connectivity index (χ3v) is 6.15. The van der Waals surface area contributed by atoms with Crippen LogP contribution in [0.5, 0.6) is 0 Å². The average Bonchev–Trinajstić information content (AvgIpc) is 3.35. The van der Waals surface area contributed by atoms with Gasteiger partial charge in [-0.1, -0.05) is 12.1 Å². The lowest BCUT2D eigenvalue weighted by Crippen LogP contribution is -2.35. The number of amides is 1. The van der Waals surface area contributed by atoms with E-state index in [-0.39, 0.29) is 17.9 Å². The molecular formula is C23H22FN5O. The van der Waals surface area contributed by atoms with Crippen LogP contribution >= 0.6 is 0 Å². The van der Waals surface area contributed by atoms with E-state index in [4.69, 9.17) is 0 Å². The van der Waals surface area contributed by atoms with E-state index in [1.807, 2.05) is 43.3 Å². The number of carbonyl (C=O) groups excluding carboxylic acids is 1. The summed E-state index contributed by atoms with van der Waals surface area (Å²) < 4.78 is 13.2. The molecule has 2 aliphatic rings. The van der Waals surface area contributed by atoms with Gasteiger partial charge in [0.25, 0.3) is 0 Å². The predicted molar refractivity (Wildman–Crippen MR) is 112 cm³/mol. The van der Waals surface area contributed by atoms with E-state index in [0.717, 1.165) is 48.6 Å². The highest BCUT2D eigenvalue weighted by Crippen LogP contribution is 2.44. The van der Waals surface area contributed by atoms with Crippen molar-refractivity contribution in [1.29, 1.82) is 0 Å². The summed E-state index contributed by atoms with van der Waals surface area (Å²) in [5.41, 5.74) is 2.43. The van der Waals surface area contributed by atoms with E-state index in [0.29, 0.717) is 17.6 Å². The molecule has 7 heteroatoms. The highest BCUT2D eigenvalue weighted by atomic mass is 19.1. The molecule has 2 aromatic heterocycles. The van der Waals surface area contributed by atoms with Crippen LogP contribution in [0.25, 0.3) is 11.4 Å². The molecule has 1 N–H and O–H groups in total. The number of fused-ring (bicyclic) bond motifs is 2. The number of nitrogens with zero attached hydrogens (tertiary/aromatic N) is 4. The summed E-state index contributed by atoms with van der Waals surface area (Å²) in [5, 5.41) is 3.07. The number of halogens is 1. The number of hydrogen-bond donors (Lipinski definition) is 1. The van der Waals surface area contributed by atoms with Crippen molar-refractivity contribution >= 4 is 17.4 Å². The minimum absolute atomic E-state index is 0.0259. The molecule has 6 nitrogen and oxygen atoms in total. The molecule has 0 saturated carbocycles. The smallest absolute Gasteiger partial charge is 0.229 e. The normalized spacial score (nSPS) is 22.3. The number of benzene rings is 1. The minimum Gasteiger partial charge on any atom is -0.350 e. The van der Waals surface area contributed by atoms with Crippen molar-refractivity contribution in [3.8, 4) is 11.4 Å². The summed E-state index contributed by atoms with van der Waals surface area (Å²) in [7, 11) is 0. The lowest BCUT2D eigenvalue weighted by atomic mass is 9.88. The van der Waals surface area contributed by atoms with Gasteiger partial charge in [0.05, 0.1) is 18.3 Å². The Bertz CT molecular complexity index is 1070. The van der Waals surface area contributed by atoms with Gasteiger partial charge in [0.15, 0.2) is 11.6 Å². The van der Waals surface area contributed by atoms with E-state index in [1.54, 1.807) is 6.20 Å². The average molecular weight is 403 g/mol. The van der Waals surface area contributed by atoms with Crippen molar-refractivity contribution in [1.82, 2.24) is 15.0 Å². The highest BCUT2D eigenvalue weighted by molar-refractivity contribution is 5.94. The Labute approximate surface area is 174 Å². The lowest BCUT2D eigenvalue weighted by Gasteiger charge is -2.25. The molecule has 30 heavy (non-hydrogen) atoms. The van der Waals surface area contributed by atoms with Gasteiger partial charge in [-0.05, 0) is 56.0 Å². The quantitative estimate of drug-likeness (QED) is 0.713. The van der Waals surface area contributed by atoms with Gasteiger partial charge in [-0.3, -0.25) is 4.79 Å². The topological polar surface area (TPSA) is 71.0 Å². The fourth-order valence-electron chi connectivity index (χ4n) is 4.76. The SMILES string of the molecule is Cc1ccc(NC(=O)[C@H]2CC3CCC2N3c2ccccn2)cc1-c1ncc(F)cn1. The van der Waals surface area contributed by atoms with Crippen molar-refractivity contribution in [3.05, 3.63) is 66.4 Å². The molecule has 2 saturated heterocycles. The summed E-state index contributed by atoms with van der Waals surface area (Å²) in [4.78, 5) is 28.1. The zero-order valence-corrected chi connectivity index (χ0v) is 16.6. The Morgan fingerprint density at radius 2 is 1.97 bits per heavy atom. The van der Waals surface area contributed by atoms with E-state index < -0.39 is 5.82 Å². The fraction of sp³-hybridized carbons (Fsp3) is 0.304. The van der Waals surface area contributed by atoms with Crippen LogP contribution in [0.4, 0.5) is 15.9 Å². The van der Waals surface area contributed by atoms with E-state index >= 15 is 0 Å². The molecular weight excluding hydrogens is 381 g/mol. The second-order valence-corrected chi connectivity index (χ2v) is 7.98. The lowest BCUT2D eigenvalue weighted by molar-refractivity contribution is -0.120. The van der Waals surface area contributed by atoms with E-state index in [9.17, 15) is 9.18 Å². The molecule has 3 atom stereocenters. The molecule has 2 bridgehead atoms. The molecule has 2 unspecified atom stereocenters. The zero-order valence-electron chi connectivity index (χ0n) is 16.6. The second kappa shape index (κ2) is 7.48. The van der Waals surface area contributed by atoms with Gasteiger partial charge >= 0.3 is 0 Å². The van der Waals surface area contributed by atoms with Gasteiger partial charge in [-0.15, -0.1) is 0 Å². The summed E-state index contributed by atoms with van der Waals surface area (Å²) in [6.07, 6.45) is 7.03. The monoisotopic (exact) mass is 403 g/mol. The summed E-state index contributed by atoms with van der Waals surface area (Å²) in [5.74, 6) is 0.864. The van der Waals surface area contributed by atoms with Crippen molar-refractivity contribution in [2.45, 2.75) is 38.3 Å². The van der Waals surface area contributed by atoms with Crippen LogP contribution in [0.3, 0.4) is 0 Å². The molecule has 3 aromatic rings. The maximum Gasteiger partial charge on any atom is 0.229 e. The van der Waals surface area contributed by atoms with Gasteiger partial charge in [-0.25, -0.2) is 19.3 Å². The van der Waals surface area contributed by atoms with Crippen molar-refractivity contribution in [2.24, 2.45) is 5.92 Å². The third-order valence-electron chi connectivity index (χ3n) is 6.15. The first kappa shape index (κ1) is 18.7. The van der Waals surface area contributed by atoms with Gasteiger partial charge < -0.3 is 10.2 Å². The maximum atomic E-state index is 13.2. The van der Waals surface area contributed by atoms with Crippen molar-refractivity contribution in [2.75, 3.05) is 10.2 Å². The van der Waals surface area contributed by atoms with Gasteiger partial charge in [0.2, 0.25) is 5.91 Å². The van der Waals surface area contributed by atoms with Crippen molar-refractivity contribution < 1.29 is 9.18 Å². The van der Waals surface area contributed by atoms with Crippen molar-refractivity contribution in [3.63, 3.8) is 0 Å². The molecule has 5 rings (SSSR count). The first-order valence-electron chi connectivity index (χ1n) is 10.2. The van der Waals surface area contributed by atoms with E-state index in [2.05, 4.69) is 25.2 Å². The number of aromatic nitrogens is 3. The number of pyridine rings is 1. The number of aryl methyl sites for hydroxylation is 1. The fourth-order valence-corrected chi connectivity index (χ4v) is 4.76. The van der Waals surface area contributed by atoms with Crippen LogP contribution in [0.1, 0.15) is 24.8 Å². The molecule has 0 radical (unpaired) electrons. The number of nitrogens with one attached hydrogen (secondary N) is 1. The van der Waals surface area contributed by atoms with Gasteiger partial charge in [-0.2, -0.15) is 0 Å². The van der Waals surface area contributed by atoms with Crippen LogP contribution in [0, 0.1) is 18.7 Å². The predicted octanol–water partition coefficient (Wildman–Crippen LogP) is 3.98. The highest BCUT2D eigenvalue weighted by Gasteiger charge is 2.49.